The molecule has 0 aliphatic heterocycles. The fourth-order valence-electron chi connectivity index (χ4n) is 8.09. The molecule has 2 saturated carbocycles. The summed E-state index contributed by atoms with van der Waals surface area (Å²) < 4.78 is 7.20. The number of aliphatic hydroxyl groups excluding tert-OH is 1. The smallest absolute Gasteiger partial charge is 0.192 e. The van der Waals surface area contributed by atoms with Crippen LogP contribution in [-0.2, 0) is 4.43 Å². The molecule has 222 valence electrons. The first-order valence-electron chi connectivity index (χ1n) is 15.8. The molecule has 2 N–H and O–H groups in total. The van der Waals surface area contributed by atoms with Crippen LogP contribution in [0.4, 0.5) is 0 Å². The zero-order chi connectivity index (χ0) is 29.0. The minimum absolute atomic E-state index is 0.0337. The predicted molar refractivity (Wildman–Crippen MR) is 171 cm³/mol. The van der Waals surface area contributed by atoms with Gasteiger partial charge in [0.1, 0.15) is 0 Å². The number of allylic oxidation sites excluding steroid dienone is 4. The Morgan fingerprint density at radius 3 is 2.41 bits per heavy atom. The number of rotatable bonds is 9. The molecule has 4 rings (SSSR count). The maximum atomic E-state index is 10.9. The zero-order valence-electron chi connectivity index (χ0n) is 26.7. The Bertz CT molecular complexity index is 1000. The van der Waals surface area contributed by atoms with Crippen molar-refractivity contribution in [2.24, 2.45) is 22.7 Å². The van der Waals surface area contributed by atoms with Gasteiger partial charge in [-0.2, -0.15) is 11.8 Å². The van der Waals surface area contributed by atoms with E-state index in [1.807, 2.05) is 11.8 Å². The van der Waals surface area contributed by atoms with Crippen LogP contribution in [0.1, 0.15) is 107 Å². The van der Waals surface area contributed by atoms with Gasteiger partial charge in [-0.3, -0.25) is 0 Å². The van der Waals surface area contributed by atoms with E-state index in [9.17, 15) is 10.2 Å². The second kappa shape index (κ2) is 11.1. The van der Waals surface area contributed by atoms with Gasteiger partial charge >= 0.3 is 0 Å². The zero-order valence-corrected chi connectivity index (χ0v) is 28.5. The first-order valence-corrected chi connectivity index (χ1v) is 19.8. The molecule has 0 aromatic carbocycles. The summed E-state index contributed by atoms with van der Waals surface area (Å²) in [6.07, 6.45) is 14.8. The van der Waals surface area contributed by atoms with Gasteiger partial charge in [0.25, 0.3) is 0 Å². The summed E-state index contributed by atoms with van der Waals surface area (Å²) in [6, 6.07) is 0. The van der Waals surface area contributed by atoms with E-state index in [4.69, 9.17) is 4.43 Å². The SMILES string of the molecule is CCC(O)(CC)CCSC(C)C1=CC[C@H]2C3=CC=C4C[C@@H](O)C[C@H](O[Si](C)(C)C(C)(C)C)[C@]4(C)[C@H]3CC[C@]12C. The van der Waals surface area contributed by atoms with Gasteiger partial charge in [0, 0.05) is 10.7 Å². The molecule has 0 radical (unpaired) electrons. The van der Waals surface area contributed by atoms with Crippen LogP contribution >= 0.6 is 11.8 Å². The molecule has 1 unspecified atom stereocenters. The third-order valence-electron chi connectivity index (χ3n) is 12.2. The van der Waals surface area contributed by atoms with Gasteiger partial charge in [-0.1, -0.05) is 83.4 Å². The highest BCUT2D eigenvalue weighted by atomic mass is 32.2. The lowest BCUT2D eigenvalue weighted by Gasteiger charge is -2.58. The number of thioether (sulfide) groups is 1. The standard InChI is InChI=1S/C34H58O3SSi/c1-11-34(36,12-2)19-20-38-23(3)27-15-16-28-26-14-13-24-21-25(35)22-30(37-39(9,10)31(4,5)6)33(24,8)29(26)17-18-32(27,28)7/h13-15,23,25,28-30,35-36H,11-12,16-22H2,1-10H3/t23?,25-,28+,29+,30+,32-,33+/m1/s1. The van der Waals surface area contributed by atoms with Crippen LogP contribution < -0.4 is 0 Å². The molecule has 0 spiro atoms. The quantitative estimate of drug-likeness (QED) is 0.213. The largest absolute Gasteiger partial charge is 0.413 e. The molecule has 4 aliphatic carbocycles. The van der Waals surface area contributed by atoms with Crippen molar-refractivity contribution < 1.29 is 14.6 Å². The van der Waals surface area contributed by atoms with Crippen LogP contribution in [0.5, 0.6) is 0 Å². The van der Waals surface area contributed by atoms with E-state index in [0.717, 1.165) is 44.3 Å². The molecule has 0 bridgehead atoms. The monoisotopic (exact) mass is 574 g/mol. The summed E-state index contributed by atoms with van der Waals surface area (Å²) in [5.74, 6) is 2.08. The molecular formula is C34H58O3SSi. The predicted octanol–water partition coefficient (Wildman–Crippen LogP) is 8.83. The number of fused-ring (bicyclic) bond motifs is 5. The minimum Gasteiger partial charge on any atom is -0.413 e. The topological polar surface area (TPSA) is 49.7 Å². The van der Waals surface area contributed by atoms with Gasteiger partial charge in [0.2, 0.25) is 0 Å². The molecular weight excluding hydrogens is 517 g/mol. The summed E-state index contributed by atoms with van der Waals surface area (Å²) in [5.41, 5.74) is 4.37. The van der Waals surface area contributed by atoms with Crippen LogP contribution in [0.15, 0.2) is 34.9 Å². The Balaban J connectivity index is 1.55. The van der Waals surface area contributed by atoms with E-state index < -0.39 is 13.9 Å². The number of aliphatic hydroxyl groups is 2. The van der Waals surface area contributed by atoms with Crippen molar-refractivity contribution in [1.29, 1.82) is 0 Å². The molecule has 5 heteroatoms. The molecule has 4 aliphatic rings. The molecule has 39 heavy (non-hydrogen) atoms. The minimum atomic E-state index is -1.99. The van der Waals surface area contributed by atoms with Crippen molar-refractivity contribution in [2.75, 3.05) is 5.75 Å². The molecule has 2 fully saturated rings. The maximum absolute atomic E-state index is 10.9. The van der Waals surface area contributed by atoms with Crippen molar-refractivity contribution in [1.82, 2.24) is 0 Å². The normalized spacial score (nSPS) is 35.8. The van der Waals surface area contributed by atoms with E-state index in [-0.39, 0.29) is 28.1 Å². The van der Waals surface area contributed by atoms with Crippen LogP contribution in [-0.4, -0.2) is 47.3 Å². The average molecular weight is 575 g/mol. The first-order chi connectivity index (χ1) is 18.0. The van der Waals surface area contributed by atoms with Crippen molar-refractivity contribution in [3.63, 3.8) is 0 Å². The molecule has 3 nitrogen and oxygen atoms in total. The molecule has 0 amide bonds. The van der Waals surface area contributed by atoms with Gasteiger partial charge in [0.15, 0.2) is 8.32 Å². The Labute approximate surface area is 245 Å². The van der Waals surface area contributed by atoms with Crippen LogP contribution in [0.2, 0.25) is 18.1 Å². The highest BCUT2D eigenvalue weighted by molar-refractivity contribution is 8.00. The number of hydrogen-bond donors (Lipinski definition) is 2. The van der Waals surface area contributed by atoms with E-state index in [2.05, 4.69) is 86.7 Å². The van der Waals surface area contributed by atoms with Gasteiger partial charge in [-0.25, -0.2) is 0 Å². The first kappa shape index (κ1) is 31.6. The second-order valence-corrected chi connectivity index (χ2v) is 21.5. The van der Waals surface area contributed by atoms with Gasteiger partial charge in [-0.05, 0) is 99.4 Å². The Morgan fingerprint density at radius 2 is 1.79 bits per heavy atom. The molecule has 0 aromatic rings. The molecule has 0 saturated heterocycles. The lowest BCUT2D eigenvalue weighted by molar-refractivity contribution is -0.0417. The van der Waals surface area contributed by atoms with Crippen molar-refractivity contribution in [3.05, 3.63) is 34.9 Å². The summed E-state index contributed by atoms with van der Waals surface area (Å²) in [6.45, 7) is 23.3. The van der Waals surface area contributed by atoms with Gasteiger partial charge < -0.3 is 14.6 Å². The number of hydrogen-bond acceptors (Lipinski definition) is 4. The fraction of sp³-hybridized carbons (Fsp3) is 0.824. The van der Waals surface area contributed by atoms with Gasteiger partial charge in [0.05, 0.1) is 17.8 Å². The highest BCUT2D eigenvalue weighted by Gasteiger charge is 2.58. The van der Waals surface area contributed by atoms with Crippen LogP contribution in [0.3, 0.4) is 0 Å². The summed E-state index contributed by atoms with van der Waals surface area (Å²) in [5, 5.41) is 22.3. The van der Waals surface area contributed by atoms with E-state index in [0.29, 0.717) is 17.1 Å². The summed E-state index contributed by atoms with van der Waals surface area (Å²) in [7, 11) is -1.99. The van der Waals surface area contributed by atoms with E-state index in [1.165, 1.54) is 18.4 Å². The average Bonchev–Trinajstić information content (AvgIpc) is 3.21. The van der Waals surface area contributed by atoms with Crippen LogP contribution in [0, 0.1) is 22.7 Å². The summed E-state index contributed by atoms with van der Waals surface area (Å²) >= 11 is 2.04. The van der Waals surface area contributed by atoms with Crippen LogP contribution in [0.25, 0.3) is 0 Å². The third kappa shape index (κ3) is 5.58. The Kier molecular flexibility index (Phi) is 8.96. The molecule has 0 heterocycles. The van der Waals surface area contributed by atoms with Crippen molar-refractivity contribution in [3.8, 4) is 0 Å². The van der Waals surface area contributed by atoms with Gasteiger partial charge in [-0.15, -0.1) is 0 Å². The molecule has 0 aromatic heterocycles. The summed E-state index contributed by atoms with van der Waals surface area (Å²) in [4.78, 5) is 0. The van der Waals surface area contributed by atoms with Crippen molar-refractivity contribution in [2.45, 2.75) is 148 Å². The Morgan fingerprint density at radius 1 is 1.13 bits per heavy atom. The molecule has 7 atom stereocenters. The van der Waals surface area contributed by atoms with Crippen molar-refractivity contribution >= 4 is 20.1 Å². The van der Waals surface area contributed by atoms with E-state index in [1.54, 1.807) is 11.1 Å². The fourth-order valence-corrected chi connectivity index (χ4v) is 10.9. The maximum Gasteiger partial charge on any atom is 0.192 e. The lowest BCUT2D eigenvalue weighted by Crippen LogP contribution is -2.57. The lowest BCUT2D eigenvalue weighted by atomic mass is 9.49. The van der Waals surface area contributed by atoms with E-state index >= 15 is 0 Å². The second-order valence-electron chi connectivity index (χ2n) is 15.3. The highest BCUT2D eigenvalue weighted by Crippen LogP contribution is 2.65. The Hall–Kier alpha value is -0.333. The third-order valence-corrected chi connectivity index (χ3v) is 17.9.